The average Bonchev–Trinajstić information content (AvgIpc) is 2.83. The molecule has 0 spiro atoms. The first-order valence-electron chi connectivity index (χ1n) is 10.8. The number of ether oxygens (including phenoxy) is 2. The number of hydrogen-bond donors (Lipinski definition) is 0. The molecule has 0 aromatic heterocycles. The van der Waals surface area contributed by atoms with Gasteiger partial charge in [0.15, 0.2) is 0 Å². The third kappa shape index (κ3) is 3.53. The van der Waals surface area contributed by atoms with Crippen LogP contribution in [0.1, 0.15) is 22.3 Å². The number of carbonyl (C=O) groups is 1. The normalized spacial score (nSPS) is 14.9. The van der Waals surface area contributed by atoms with Crippen LogP contribution in [-0.4, -0.2) is 57.1 Å². The zero-order chi connectivity index (χ0) is 22.7. The highest BCUT2D eigenvalue weighted by atomic mass is 16.5. The molecule has 3 aromatic carbocycles. The third-order valence-electron chi connectivity index (χ3n) is 6.23. The Morgan fingerprint density at radius 1 is 0.812 bits per heavy atom. The molecule has 0 bridgehead atoms. The second-order valence-electron chi connectivity index (χ2n) is 8.34. The van der Waals surface area contributed by atoms with Gasteiger partial charge in [-0.3, -0.25) is 4.79 Å². The van der Waals surface area contributed by atoms with Crippen LogP contribution in [0.3, 0.4) is 0 Å². The molecule has 5 nitrogen and oxygen atoms in total. The Kier molecular flexibility index (Phi) is 6.19. The van der Waals surface area contributed by atoms with Gasteiger partial charge in [0.25, 0.3) is 0 Å². The van der Waals surface area contributed by atoms with E-state index in [-0.39, 0.29) is 5.91 Å². The molecular formula is C27H30N2O3. The number of benzene rings is 3. The van der Waals surface area contributed by atoms with E-state index in [1.54, 1.807) is 14.2 Å². The summed E-state index contributed by atoms with van der Waals surface area (Å²) >= 11 is 0. The maximum atomic E-state index is 14.6. The minimum Gasteiger partial charge on any atom is -0.496 e. The van der Waals surface area contributed by atoms with E-state index >= 15 is 0 Å². The fourth-order valence-electron chi connectivity index (χ4n) is 4.73. The summed E-state index contributed by atoms with van der Waals surface area (Å²) in [6.07, 6.45) is 0. The van der Waals surface area contributed by atoms with Crippen molar-refractivity contribution in [2.75, 3.05) is 41.4 Å². The fraction of sp³-hybridized carbons (Fsp3) is 0.296. The molecule has 1 amide bonds. The maximum absolute atomic E-state index is 14.6. The lowest BCUT2D eigenvalue weighted by Gasteiger charge is -2.45. The summed E-state index contributed by atoms with van der Waals surface area (Å²) in [4.78, 5) is 18.6. The lowest BCUT2D eigenvalue weighted by molar-refractivity contribution is -0.136. The molecule has 3 aromatic rings. The highest BCUT2D eigenvalue weighted by molar-refractivity contribution is 5.99. The van der Waals surface area contributed by atoms with Gasteiger partial charge in [-0.05, 0) is 37.4 Å². The van der Waals surface area contributed by atoms with Crippen molar-refractivity contribution in [1.29, 1.82) is 0 Å². The number of methoxy groups -OCH3 is 2. The van der Waals surface area contributed by atoms with Crippen LogP contribution in [0.4, 0.5) is 0 Å². The number of rotatable bonds is 7. The Hall–Kier alpha value is -3.31. The molecule has 1 heterocycles. The number of hydrogen-bond acceptors (Lipinski definition) is 4. The Morgan fingerprint density at radius 2 is 1.31 bits per heavy atom. The van der Waals surface area contributed by atoms with Gasteiger partial charge in [0.1, 0.15) is 16.9 Å². The number of para-hydroxylation sites is 2. The first kappa shape index (κ1) is 21.9. The minimum absolute atomic E-state index is 0.0343. The Balaban J connectivity index is 2.09. The summed E-state index contributed by atoms with van der Waals surface area (Å²) in [6.45, 7) is 1.99. The largest absolute Gasteiger partial charge is 0.496 e. The predicted octanol–water partition coefficient (Wildman–Crippen LogP) is 3.94. The number of likely N-dealkylation sites (N-methyl/N-ethyl adjacent to an activating group) is 1. The molecule has 1 aliphatic heterocycles. The van der Waals surface area contributed by atoms with E-state index in [4.69, 9.17) is 9.47 Å². The van der Waals surface area contributed by atoms with Gasteiger partial charge in [-0.25, -0.2) is 0 Å². The second-order valence-corrected chi connectivity index (χ2v) is 8.34. The molecule has 0 aliphatic carbocycles. The summed E-state index contributed by atoms with van der Waals surface area (Å²) in [5.41, 5.74) is 2.65. The number of amides is 1. The average molecular weight is 431 g/mol. The van der Waals surface area contributed by atoms with Crippen molar-refractivity contribution in [3.63, 3.8) is 0 Å². The Morgan fingerprint density at radius 3 is 1.84 bits per heavy atom. The molecule has 0 fully saturated rings. The molecule has 0 saturated carbocycles. The van der Waals surface area contributed by atoms with Gasteiger partial charge in [-0.15, -0.1) is 0 Å². The van der Waals surface area contributed by atoms with Gasteiger partial charge in [-0.2, -0.15) is 0 Å². The smallest absolute Gasteiger partial charge is 0.242 e. The summed E-state index contributed by atoms with van der Waals surface area (Å²) < 4.78 is 11.6. The first-order chi connectivity index (χ1) is 15.5. The van der Waals surface area contributed by atoms with Crippen LogP contribution in [0.2, 0.25) is 0 Å². The molecular weight excluding hydrogens is 400 g/mol. The van der Waals surface area contributed by atoms with Crippen molar-refractivity contribution < 1.29 is 14.3 Å². The van der Waals surface area contributed by atoms with Gasteiger partial charge in [0, 0.05) is 30.8 Å². The highest BCUT2D eigenvalue weighted by Gasteiger charge is 2.52. The van der Waals surface area contributed by atoms with E-state index in [1.807, 2.05) is 79.7 Å². The molecule has 5 heteroatoms. The summed E-state index contributed by atoms with van der Waals surface area (Å²) in [5.74, 6) is 1.39. The zero-order valence-electron chi connectivity index (χ0n) is 19.2. The first-order valence-corrected chi connectivity index (χ1v) is 10.8. The number of carbonyl (C=O) groups excluding carboxylic acids is 1. The van der Waals surface area contributed by atoms with Crippen molar-refractivity contribution in [3.8, 4) is 11.5 Å². The van der Waals surface area contributed by atoms with E-state index < -0.39 is 5.41 Å². The predicted molar refractivity (Wildman–Crippen MR) is 126 cm³/mol. The molecule has 0 unspecified atom stereocenters. The van der Waals surface area contributed by atoms with E-state index in [9.17, 15) is 4.79 Å². The summed E-state index contributed by atoms with van der Waals surface area (Å²) in [7, 11) is 7.35. The van der Waals surface area contributed by atoms with Gasteiger partial charge in [-0.1, -0.05) is 60.7 Å². The lowest BCUT2D eigenvalue weighted by atomic mass is 9.64. The van der Waals surface area contributed by atoms with Crippen LogP contribution in [0.5, 0.6) is 11.5 Å². The zero-order valence-corrected chi connectivity index (χ0v) is 19.2. The number of fused-ring (bicyclic) bond motifs is 1. The van der Waals surface area contributed by atoms with Gasteiger partial charge < -0.3 is 19.3 Å². The Bertz CT molecular complexity index is 1060. The van der Waals surface area contributed by atoms with Crippen LogP contribution >= 0.6 is 0 Å². The molecule has 4 rings (SSSR count). The van der Waals surface area contributed by atoms with E-state index in [0.29, 0.717) is 24.6 Å². The molecule has 1 aliphatic rings. The van der Waals surface area contributed by atoms with Crippen LogP contribution < -0.4 is 9.47 Å². The minimum atomic E-state index is -1.08. The molecule has 0 N–H and O–H groups in total. The van der Waals surface area contributed by atoms with E-state index in [1.165, 1.54) is 0 Å². The van der Waals surface area contributed by atoms with Crippen LogP contribution in [0.15, 0.2) is 72.8 Å². The van der Waals surface area contributed by atoms with Gasteiger partial charge in [0.05, 0.1) is 14.2 Å². The van der Waals surface area contributed by atoms with Gasteiger partial charge in [0.2, 0.25) is 5.91 Å². The van der Waals surface area contributed by atoms with Crippen molar-refractivity contribution in [1.82, 2.24) is 9.80 Å². The topological polar surface area (TPSA) is 42.0 Å². The molecule has 166 valence electrons. The summed E-state index contributed by atoms with van der Waals surface area (Å²) in [5, 5.41) is 0. The number of nitrogens with zero attached hydrogens (tertiary/aromatic N) is 2. The quantitative estimate of drug-likeness (QED) is 0.569. The van der Waals surface area contributed by atoms with Crippen molar-refractivity contribution in [2.45, 2.75) is 12.0 Å². The van der Waals surface area contributed by atoms with Gasteiger partial charge >= 0.3 is 0 Å². The standard InChI is InChI=1S/C27H30N2O3/c1-28(2)17-18-29-19-20-11-5-6-12-21(20)27(26(29)30,22-13-7-9-15-24(22)31-3)23-14-8-10-16-25(23)32-4/h5-16H,17-19H2,1-4H3. The van der Waals surface area contributed by atoms with Crippen LogP contribution in [0, 0.1) is 0 Å². The highest BCUT2D eigenvalue weighted by Crippen LogP contribution is 2.50. The fourth-order valence-corrected chi connectivity index (χ4v) is 4.73. The van der Waals surface area contributed by atoms with E-state index in [0.717, 1.165) is 28.8 Å². The van der Waals surface area contributed by atoms with Crippen LogP contribution in [-0.2, 0) is 16.8 Å². The molecule has 32 heavy (non-hydrogen) atoms. The molecule has 0 atom stereocenters. The second kappa shape index (κ2) is 9.05. The third-order valence-corrected chi connectivity index (χ3v) is 6.23. The Labute approximate surface area is 190 Å². The van der Waals surface area contributed by atoms with Crippen molar-refractivity contribution >= 4 is 5.91 Å². The SMILES string of the molecule is COc1ccccc1C1(c2ccccc2OC)C(=O)N(CCN(C)C)Cc2ccccc21. The molecule has 0 saturated heterocycles. The molecule has 0 radical (unpaired) electrons. The monoisotopic (exact) mass is 430 g/mol. The van der Waals surface area contributed by atoms with E-state index in [2.05, 4.69) is 17.0 Å². The lowest BCUT2D eigenvalue weighted by Crippen LogP contribution is -2.53. The van der Waals surface area contributed by atoms with Crippen LogP contribution in [0.25, 0.3) is 0 Å². The maximum Gasteiger partial charge on any atom is 0.242 e. The van der Waals surface area contributed by atoms with Crippen molar-refractivity contribution in [3.05, 3.63) is 95.1 Å². The van der Waals surface area contributed by atoms with Crippen molar-refractivity contribution in [2.24, 2.45) is 0 Å². The summed E-state index contributed by atoms with van der Waals surface area (Å²) in [6, 6.07) is 23.8.